The molecule has 3 nitrogen and oxygen atoms in total. The van der Waals surface area contributed by atoms with Crippen molar-refractivity contribution >= 4 is 0 Å². The highest BCUT2D eigenvalue weighted by molar-refractivity contribution is 5.04. The second-order valence-corrected chi connectivity index (χ2v) is 2.92. The molecule has 0 aliphatic heterocycles. The molecule has 0 aliphatic carbocycles. The fourth-order valence-corrected chi connectivity index (χ4v) is 1.06. The first kappa shape index (κ1) is 8.11. The number of aryl methyl sites for hydroxylation is 1. The van der Waals surface area contributed by atoms with Crippen molar-refractivity contribution in [2.24, 2.45) is 0 Å². The van der Waals surface area contributed by atoms with E-state index in [0.717, 1.165) is 12.0 Å². The molecule has 0 aliphatic rings. The molecule has 0 spiro atoms. The van der Waals surface area contributed by atoms with Gasteiger partial charge in [-0.05, 0) is 20.3 Å². The second-order valence-electron chi connectivity index (χ2n) is 2.92. The topological polar surface area (TPSA) is 37.8 Å². The molecule has 0 bridgehead atoms. The number of rotatable bonds is 2. The van der Waals surface area contributed by atoms with E-state index in [0.29, 0.717) is 0 Å². The lowest BCUT2D eigenvalue weighted by Gasteiger charge is -2.03. The average Bonchev–Trinajstić information content (AvgIpc) is 2.30. The highest BCUT2D eigenvalue weighted by Gasteiger charge is 2.05. The van der Waals surface area contributed by atoms with Gasteiger partial charge in [0.15, 0.2) is 0 Å². The molecule has 1 rings (SSSR count). The lowest BCUT2D eigenvalue weighted by molar-refractivity contribution is 0.516. The second kappa shape index (κ2) is 2.95. The van der Waals surface area contributed by atoms with E-state index in [1.807, 2.05) is 20.8 Å². The summed E-state index contributed by atoms with van der Waals surface area (Å²) in [5.41, 5.74) is 0.973. The minimum Gasteiger partial charge on any atom is -0.302 e. The first-order valence-corrected chi connectivity index (χ1v) is 3.95. The van der Waals surface area contributed by atoms with Crippen LogP contribution in [0.15, 0.2) is 11.0 Å². The van der Waals surface area contributed by atoms with Gasteiger partial charge in [0.05, 0.1) is 0 Å². The SMILES string of the molecule is CCc1c[nH]n(C(C)C)c1=O. The minimum atomic E-state index is 0.113. The van der Waals surface area contributed by atoms with Crippen molar-refractivity contribution in [2.75, 3.05) is 0 Å². The van der Waals surface area contributed by atoms with E-state index in [2.05, 4.69) is 5.10 Å². The van der Waals surface area contributed by atoms with Gasteiger partial charge in [-0.3, -0.25) is 9.48 Å². The first-order valence-electron chi connectivity index (χ1n) is 3.95. The fraction of sp³-hybridized carbons (Fsp3) is 0.625. The third-order valence-electron chi connectivity index (χ3n) is 1.77. The van der Waals surface area contributed by atoms with Crippen LogP contribution in [0.5, 0.6) is 0 Å². The van der Waals surface area contributed by atoms with Crippen molar-refractivity contribution in [3.8, 4) is 0 Å². The van der Waals surface area contributed by atoms with Crippen LogP contribution in [0.2, 0.25) is 0 Å². The summed E-state index contributed by atoms with van der Waals surface area (Å²) in [6.07, 6.45) is 2.58. The Morgan fingerprint density at radius 3 is 2.55 bits per heavy atom. The zero-order valence-corrected chi connectivity index (χ0v) is 7.22. The van der Waals surface area contributed by atoms with Crippen LogP contribution >= 0.6 is 0 Å². The molecule has 0 unspecified atom stereocenters. The van der Waals surface area contributed by atoms with Gasteiger partial charge in [-0.15, -0.1) is 0 Å². The van der Waals surface area contributed by atoms with Crippen molar-refractivity contribution in [3.05, 3.63) is 22.1 Å². The Morgan fingerprint density at radius 1 is 1.64 bits per heavy atom. The summed E-state index contributed by atoms with van der Waals surface area (Å²) in [5.74, 6) is 0. The fourth-order valence-electron chi connectivity index (χ4n) is 1.06. The lowest BCUT2D eigenvalue weighted by atomic mass is 10.3. The van der Waals surface area contributed by atoms with Crippen LogP contribution < -0.4 is 5.56 Å². The molecule has 1 aromatic heterocycles. The van der Waals surface area contributed by atoms with E-state index in [1.165, 1.54) is 0 Å². The van der Waals surface area contributed by atoms with Gasteiger partial charge in [0.25, 0.3) is 5.56 Å². The van der Waals surface area contributed by atoms with E-state index in [1.54, 1.807) is 10.9 Å². The maximum Gasteiger partial charge on any atom is 0.269 e. The van der Waals surface area contributed by atoms with E-state index in [4.69, 9.17) is 0 Å². The summed E-state index contributed by atoms with van der Waals surface area (Å²) >= 11 is 0. The molecule has 0 fully saturated rings. The average molecular weight is 154 g/mol. The Balaban J connectivity index is 3.11. The number of H-pyrrole nitrogens is 1. The molecular formula is C8H14N2O. The van der Waals surface area contributed by atoms with Gasteiger partial charge in [0.2, 0.25) is 0 Å². The molecule has 0 aromatic carbocycles. The van der Waals surface area contributed by atoms with E-state index >= 15 is 0 Å². The van der Waals surface area contributed by atoms with Crippen LogP contribution in [0.4, 0.5) is 0 Å². The Kier molecular flexibility index (Phi) is 2.17. The van der Waals surface area contributed by atoms with Gasteiger partial charge in [0.1, 0.15) is 0 Å². The van der Waals surface area contributed by atoms with Crippen molar-refractivity contribution in [2.45, 2.75) is 33.2 Å². The highest BCUT2D eigenvalue weighted by Crippen LogP contribution is 1.98. The lowest BCUT2D eigenvalue weighted by Crippen LogP contribution is -2.20. The van der Waals surface area contributed by atoms with Crippen molar-refractivity contribution in [1.29, 1.82) is 0 Å². The number of hydrogen-bond donors (Lipinski definition) is 1. The van der Waals surface area contributed by atoms with Gasteiger partial charge >= 0.3 is 0 Å². The van der Waals surface area contributed by atoms with Crippen molar-refractivity contribution < 1.29 is 0 Å². The molecule has 0 amide bonds. The number of aromatic nitrogens is 2. The van der Waals surface area contributed by atoms with Gasteiger partial charge < -0.3 is 5.10 Å². The molecule has 0 radical (unpaired) electrons. The Hall–Kier alpha value is -0.990. The van der Waals surface area contributed by atoms with Gasteiger partial charge in [-0.1, -0.05) is 6.92 Å². The summed E-state index contributed by atoms with van der Waals surface area (Å²) < 4.78 is 1.64. The third kappa shape index (κ3) is 1.37. The number of hydrogen-bond acceptors (Lipinski definition) is 1. The normalized spacial score (nSPS) is 10.9. The highest BCUT2D eigenvalue weighted by atomic mass is 16.1. The van der Waals surface area contributed by atoms with E-state index in [9.17, 15) is 4.79 Å². The summed E-state index contributed by atoms with van der Waals surface area (Å²) in [5, 5.41) is 2.93. The molecule has 62 valence electrons. The van der Waals surface area contributed by atoms with Crippen LogP contribution in [-0.4, -0.2) is 9.78 Å². The molecule has 0 saturated heterocycles. The van der Waals surface area contributed by atoms with Gasteiger partial charge in [-0.2, -0.15) is 0 Å². The van der Waals surface area contributed by atoms with E-state index in [-0.39, 0.29) is 11.6 Å². The molecule has 1 N–H and O–H groups in total. The molecule has 3 heteroatoms. The first-order chi connectivity index (χ1) is 5.16. The molecule has 0 saturated carbocycles. The van der Waals surface area contributed by atoms with Crippen LogP contribution in [0, 0.1) is 0 Å². The Labute approximate surface area is 66.0 Å². The minimum absolute atomic E-state index is 0.113. The largest absolute Gasteiger partial charge is 0.302 e. The third-order valence-corrected chi connectivity index (χ3v) is 1.77. The quantitative estimate of drug-likeness (QED) is 0.685. The zero-order valence-electron chi connectivity index (χ0n) is 7.22. The van der Waals surface area contributed by atoms with Crippen LogP contribution in [-0.2, 0) is 6.42 Å². The summed E-state index contributed by atoms with van der Waals surface area (Å²) in [6.45, 7) is 5.95. The predicted molar refractivity (Wildman–Crippen MR) is 44.8 cm³/mol. The van der Waals surface area contributed by atoms with Crippen molar-refractivity contribution in [3.63, 3.8) is 0 Å². The van der Waals surface area contributed by atoms with Gasteiger partial charge in [0, 0.05) is 17.8 Å². The summed E-state index contributed by atoms with van der Waals surface area (Å²) in [6, 6.07) is 0.225. The number of nitrogens with zero attached hydrogens (tertiary/aromatic N) is 1. The summed E-state index contributed by atoms with van der Waals surface area (Å²) in [7, 11) is 0. The summed E-state index contributed by atoms with van der Waals surface area (Å²) in [4.78, 5) is 11.4. The van der Waals surface area contributed by atoms with Crippen LogP contribution in [0.3, 0.4) is 0 Å². The predicted octanol–water partition coefficient (Wildman–Crippen LogP) is 1.32. The molecule has 1 heterocycles. The standard InChI is InChI=1S/C8H14N2O/c1-4-7-5-9-10(6(2)3)8(7)11/h5-6,9H,4H2,1-3H3. The molecule has 11 heavy (non-hydrogen) atoms. The van der Waals surface area contributed by atoms with Crippen LogP contribution in [0.1, 0.15) is 32.4 Å². The Morgan fingerprint density at radius 2 is 2.27 bits per heavy atom. The molecule has 0 atom stereocenters. The van der Waals surface area contributed by atoms with E-state index < -0.39 is 0 Å². The molecule has 1 aromatic rings. The van der Waals surface area contributed by atoms with Gasteiger partial charge in [-0.25, -0.2) is 0 Å². The Bertz CT molecular complexity index is 283. The maximum atomic E-state index is 11.4. The monoisotopic (exact) mass is 154 g/mol. The maximum absolute atomic E-state index is 11.4. The molecular weight excluding hydrogens is 140 g/mol. The number of nitrogens with one attached hydrogen (secondary N) is 1. The smallest absolute Gasteiger partial charge is 0.269 e. The van der Waals surface area contributed by atoms with Crippen molar-refractivity contribution in [1.82, 2.24) is 9.78 Å². The number of aromatic amines is 1. The zero-order chi connectivity index (χ0) is 8.43. The van der Waals surface area contributed by atoms with Crippen LogP contribution in [0.25, 0.3) is 0 Å².